The van der Waals surface area contributed by atoms with Gasteiger partial charge in [0.15, 0.2) is 6.29 Å². The fourth-order valence-electron chi connectivity index (χ4n) is 2.60. The lowest BCUT2D eigenvalue weighted by molar-refractivity contribution is -0.286. The minimum atomic E-state index is -3.49. The molecule has 1 aromatic rings. The van der Waals surface area contributed by atoms with Crippen LogP contribution in [0.15, 0.2) is 30.3 Å². The number of fused-ring (bicyclic) bond motifs is 1. The quantitative estimate of drug-likeness (QED) is 0.782. The number of hydrogen-bond donors (Lipinski definition) is 0. The van der Waals surface area contributed by atoms with Gasteiger partial charge in [0.1, 0.15) is 12.2 Å². The van der Waals surface area contributed by atoms with Crippen LogP contribution >= 0.6 is 0 Å². The van der Waals surface area contributed by atoms with Gasteiger partial charge in [-0.15, -0.1) is 0 Å². The normalized spacial score (nSPS) is 33.4. The number of ether oxygens (including phenoxy) is 3. The topological polar surface area (TPSA) is 71.1 Å². The van der Waals surface area contributed by atoms with Crippen LogP contribution in [0.3, 0.4) is 0 Å². The van der Waals surface area contributed by atoms with E-state index in [0.29, 0.717) is 13.0 Å². The molecule has 6 nitrogen and oxygen atoms in total. The second kappa shape index (κ2) is 6.02. The van der Waals surface area contributed by atoms with Gasteiger partial charge in [0.2, 0.25) is 0 Å². The van der Waals surface area contributed by atoms with Gasteiger partial charge in [-0.05, 0) is 0 Å². The molecular formula is C14H18O6S. The first kappa shape index (κ1) is 14.9. The number of rotatable bonds is 3. The molecule has 2 aliphatic heterocycles. The summed E-state index contributed by atoms with van der Waals surface area (Å²) in [6.45, 7) is 0.660. The zero-order valence-electron chi connectivity index (χ0n) is 11.7. The summed E-state index contributed by atoms with van der Waals surface area (Å²) in [6, 6.07) is 9.62. The molecule has 1 aromatic carbocycles. The van der Waals surface area contributed by atoms with Gasteiger partial charge in [0.25, 0.3) is 10.1 Å². The van der Waals surface area contributed by atoms with E-state index >= 15 is 0 Å². The molecule has 2 unspecified atom stereocenters. The smallest absolute Gasteiger partial charge is 0.264 e. The lowest BCUT2D eigenvalue weighted by atomic mass is 10.0. The van der Waals surface area contributed by atoms with Crippen LogP contribution in [0.25, 0.3) is 0 Å². The van der Waals surface area contributed by atoms with Gasteiger partial charge in [-0.2, -0.15) is 8.42 Å². The maximum Gasteiger partial charge on any atom is 0.264 e. The van der Waals surface area contributed by atoms with Crippen molar-refractivity contribution in [3.63, 3.8) is 0 Å². The zero-order valence-corrected chi connectivity index (χ0v) is 12.5. The van der Waals surface area contributed by atoms with Crippen molar-refractivity contribution in [1.82, 2.24) is 0 Å². The molecule has 0 saturated carbocycles. The molecule has 2 aliphatic rings. The van der Waals surface area contributed by atoms with Crippen molar-refractivity contribution >= 4 is 10.1 Å². The van der Waals surface area contributed by atoms with Crippen LogP contribution in [0.5, 0.6) is 0 Å². The largest absolute Gasteiger partial charge is 0.370 e. The molecule has 0 bridgehead atoms. The van der Waals surface area contributed by atoms with E-state index in [2.05, 4.69) is 0 Å². The van der Waals surface area contributed by atoms with Gasteiger partial charge < -0.3 is 14.2 Å². The lowest BCUT2D eigenvalue weighted by Crippen LogP contribution is -2.50. The molecule has 0 N–H and O–H groups in total. The molecular weight excluding hydrogens is 296 g/mol. The summed E-state index contributed by atoms with van der Waals surface area (Å²) < 4.78 is 44.5. The molecule has 0 radical (unpaired) electrons. The first-order valence-electron chi connectivity index (χ1n) is 6.83. The van der Waals surface area contributed by atoms with Crippen molar-refractivity contribution in [3.8, 4) is 0 Å². The minimum Gasteiger partial charge on any atom is -0.370 e. The van der Waals surface area contributed by atoms with Crippen molar-refractivity contribution in [2.45, 2.75) is 31.0 Å². The summed E-state index contributed by atoms with van der Waals surface area (Å²) in [6.07, 6.45) is 0.152. The van der Waals surface area contributed by atoms with E-state index in [-0.39, 0.29) is 18.8 Å². The van der Waals surface area contributed by atoms with E-state index in [4.69, 9.17) is 18.4 Å². The van der Waals surface area contributed by atoms with Crippen molar-refractivity contribution < 1.29 is 26.8 Å². The highest BCUT2D eigenvalue weighted by Crippen LogP contribution is 2.32. The van der Waals surface area contributed by atoms with E-state index < -0.39 is 22.5 Å². The third-order valence-corrected chi connectivity index (χ3v) is 4.12. The van der Waals surface area contributed by atoms with Crippen molar-refractivity contribution in [2.75, 3.05) is 19.5 Å². The molecule has 0 aliphatic carbocycles. The molecule has 4 atom stereocenters. The van der Waals surface area contributed by atoms with Crippen molar-refractivity contribution in [3.05, 3.63) is 35.9 Å². The van der Waals surface area contributed by atoms with Crippen LogP contribution in [-0.4, -0.2) is 46.2 Å². The summed E-state index contributed by atoms with van der Waals surface area (Å²) in [4.78, 5) is 0. The third-order valence-electron chi connectivity index (χ3n) is 3.50. The predicted octanol–water partition coefficient (Wildman–Crippen LogP) is 1.23. The van der Waals surface area contributed by atoms with E-state index in [1.165, 1.54) is 0 Å². The Morgan fingerprint density at radius 3 is 2.57 bits per heavy atom. The van der Waals surface area contributed by atoms with Crippen LogP contribution in [0.2, 0.25) is 0 Å². The molecule has 7 heteroatoms. The Morgan fingerprint density at radius 2 is 1.86 bits per heavy atom. The molecule has 2 heterocycles. The van der Waals surface area contributed by atoms with E-state index in [9.17, 15) is 8.42 Å². The number of benzene rings is 1. The van der Waals surface area contributed by atoms with Gasteiger partial charge in [-0.25, -0.2) is 0 Å². The summed E-state index contributed by atoms with van der Waals surface area (Å²) >= 11 is 0. The van der Waals surface area contributed by atoms with Gasteiger partial charge >= 0.3 is 0 Å². The standard InChI is InChI=1S/C14H18O6S/c1-21(15,16)20-11-7-12-13(17-8-11)9-18-14(19-12)10-5-3-2-4-6-10/h2-6,11-14H,7-9H2,1H3/t11?,12-,13+,14?/m0/s1. The first-order chi connectivity index (χ1) is 10.0. The van der Waals surface area contributed by atoms with E-state index in [1.807, 2.05) is 30.3 Å². The molecule has 2 saturated heterocycles. The summed E-state index contributed by atoms with van der Waals surface area (Å²) in [7, 11) is -3.49. The maximum absolute atomic E-state index is 11.2. The summed E-state index contributed by atoms with van der Waals surface area (Å²) in [5.74, 6) is 0. The van der Waals surface area contributed by atoms with Crippen LogP contribution < -0.4 is 0 Å². The SMILES string of the molecule is CS(=O)(=O)OC1CO[C@@H]2COC(c3ccccc3)O[C@H]2C1. The average Bonchev–Trinajstić information content (AvgIpc) is 2.46. The van der Waals surface area contributed by atoms with Crippen LogP contribution in [-0.2, 0) is 28.5 Å². The molecule has 2 fully saturated rings. The van der Waals surface area contributed by atoms with Crippen LogP contribution in [0.4, 0.5) is 0 Å². The zero-order chi connectivity index (χ0) is 14.9. The van der Waals surface area contributed by atoms with Crippen molar-refractivity contribution in [2.24, 2.45) is 0 Å². The highest BCUT2D eigenvalue weighted by molar-refractivity contribution is 7.86. The molecule has 21 heavy (non-hydrogen) atoms. The third kappa shape index (κ3) is 3.81. The van der Waals surface area contributed by atoms with Gasteiger partial charge in [-0.1, -0.05) is 30.3 Å². The highest BCUT2D eigenvalue weighted by Gasteiger charge is 2.39. The van der Waals surface area contributed by atoms with Crippen molar-refractivity contribution in [1.29, 1.82) is 0 Å². The second-order valence-corrected chi connectivity index (χ2v) is 6.88. The van der Waals surface area contributed by atoms with E-state index in [1.54, 1.807) is 0 Å². The summed E-state index contributed by atoms with van der Waals surface area (Å²) in [5.41, 5.74) is 0.933. The van der Waals surface area contributed by atoms with Gasteiger partial charge in [-0.3, -0.25) is 4.18 Å². The number of hydrogen-bond acceptors (Lipinski definition) is 6. The van der Waals surface area contributed by atoms with E-state index in [0.717, 1.165) is 11.8 Å². The average molecular weight is 314 g/mol. The first-order valence-corrected chi connectivity index (χ1v) is 8.65. The maximum atomic E-state index is 11.2. The second-order valence-electron chi connectivity index (χ2n) is 5.28. The predicted molar refractivity (Wildman–Crippen MR) is 74.1 cm³/mol. The Labute approximate surface area is 124 Å². The van der Waals surface area contributed by atoms with Crippen LogP contribution in [0.1, 0.15) is 18.3 Å². The fraction of sp³-hybridized carbons (Fsp3) is 0.571. The lowest BCUT2D eigenvalue weighted by Gasteiger charge is -2.41. The molecule has 0 aromatic heterocycles. The Hall–Kier alpha value is -0.990. The molecule has 3 rings (SSSR count). The molecule has 116 valence electrons. The van der Waals surface area contributed by atoms with Gasteiger partial charge in [0, 0.05) is 12.0 Å². The Kier molecular flexibility index (Phi) is 4.28. The van der Waals surface area contributed by atoms with Gasteiger partial charge in [0.05, 0.1) is 25.6 Å². The Balaban J connectivity index is 1.65. The fourth-order valence-corrected chi connectivity index (χ4v) is 3.22. The van der Waals surface area contributed by atoms with Crippen LogP contribution in [0, 0.1) is 0 Å². The summed E-state index contributed by atoms with van der Waals surface area (Å²) in [5, 5.41) is 0. The minimum absolute atomic E-state index is 0.177. The molecule has 0 spiro atoms. The highest BCUT2D eigenvalue weighted by atomic mass is 32.2. The Bertz CT molecular complexity index is 572. The Morgan fingerprint density at radius 1 is 1.10 bits per heavy atom. The monoisotopic (exact) mass is 314 g/mol. The molecule has 0 amide bonds.